The van der Waals surface area contributed by atoms with Crippen LogP contribution in [0.5, 0.6) is 0 Å². The van der Waals surface area contributed by atoms with E-state index < -0.39 is 0 Å². The molecule has 2 aliphatic rings. The van der Waals surface area contributed by atoms with Gasteiger partial charge in [0.05, 0.1) is 6.54 Å². The molecule has 150 valence electrons. The first-order chi connectivity index (χ1) is 13.3. The molecule has 0 aromatic carbocycles. The summed E-state index contributed by atoms with van der Waals surface area (Å²) in [5, 5.41) is 8.86. The summed E-state index contributed by atoms with van der Waals surface area (Å²) in [6, 6.07) is 4.27. The van der Waals surface area contributed by atoms with Crippen molar-refractivity contribution in [1.82, 2.24) is 20.4 Å². The third kappa shape index (κ3) is 6.21. The van der Waals surface area contributed by atoms with Gasteiger partial charge in [0.25, 0.3) is 0 Å². The fraction of sp³-hybridized carbons (Fsp3) is 0.700. The van der Waals surface area contributed by atoms with Gasteiger partial charge < -0.3 is 15.5 Å². The number of aliphatic imine (C=N–C) groups is 1. The van der Waals surface area contributed by atoms with E-state index in [1.807, 2.05) is 0 Å². The normalized spacial score (nSPS) is 19.0. The van der Waals surface area contributed by atoms with Crippen molar-refractivity contribution in [3.63, 3.8) is 0 Å². The Kier molecular flexibility index (Phi) is 7.95. The Morgan fingerprint density at radius 3 is 2.70 bits per heavy atom. The molecule has 0 atom stereocenters. The lowest BCUT2D eigenvalue weighted by atomic mass is 9.84. The number of rotatable bonds is 8. The zero-order chi connectivity index (χ0) is 18.9. The van der Waals surface area contributed by atoms with Crippen LogP contribution in [0.25, 0.3) is 0 Å². The fourth-order valence-electron chi connectivity index (χ4n) is 3.51. The second kappa shape index (κ2) is 10.7. The highest BCUT2D eigenvalue weighted by atomic mass is 32.1. The number of piperazine rings is 1. The van der Waals surface area contributed by atoms with Crippen LogP contribution < -0.4 is 10.6 Å². The summed E-state index contributed by atoms with van der Waals surface area (Å²) in [4.78, 5) is 22.9. The molecule has 0 unspecified atom stereocenters. The van der Waals surface area contributed by atoms with Crippen LogP contribution >= 0.6 is 11.3 Å². The summed E-state index contributed by atoms with van der Waals surface area (Å²) in [6.45, 7) is 9.27. The van der Waals surface area contributed by atoms with Gasteiger partial charge in [-0.2, -0.15) is 0 Å². The maximum absolute atomic E-state index is 12.3. The lowest BCUT2D eigenvalue weighted by Crippen LogP contribution is -2.51. The summed E-state index contributed by atoms with van der Waals surface area (Å²) >= 11 is 1.80. The maximum Gasteiger partial charge on any atom is 0.225 e. The number of amides is 1. The molecule has 1 aliphatic heterocycles. The van der Waals surface area contributed by atoms with Gasteiger partial charge in [0.15, 0.2) is 5.96 Å². The topological polar surface area (TPSA) is 60.0 Å². The number of guanidine groups is 1. The predicted octanol–water partition coefficient (Wildman–Crippen LogP) is 1.79. The van der Waals surface area contributed by atoms with E-state index >= 15 is 0 Å². The monoisotopic (exact) mass is 391 g/mol. The molecular formula is C20H33N5OS. The van der Waals surface area contributed by atoms with Gasteiger partial charge in [-0.25, -0.2) is 0 Å². The molecule has 1 saturated heterocycles. The van der Waals surface area contributed by atoms with Crippen molar-refractivity contribution >= 4 is 23.2 Å². The van der Waals surface area contributed by atoms with E-state index in [0.29, 0.717) is 11.8 Å². The molecular weight excluding hydrogens is 358 g/mol. The Hall–Kier alpha value is -1.60. The zero-order valence-electron chi connectivity index (χ0n) is 16.5. The van der Waals surface area contributed by atoms with E-state index in [2.05, 4.69) is 44.9 Å². The van der Waals surface area contributed by atoms with Gasteiger partial charge in [-0.15, -0.1) is 11.3 Å². The highest BCUT2D eigenvalue weighted by Crippen LogP contribution is 2.28. The van der Waals surface area contributed by atoms with Crippen molar-refractivity contribution in [1.29, 1.82) is 0 Å². The average molecular weight is 392 g/mol. The highest BCUT2D eigenvalue weighted by molar-refractivity contribution is 7.09. The minimum Gasteiger partial charge on any atom is -0.357 e. The molecule has 0 bridgehead atoms. The number of hydrogen-bond donors (Lipinski definition) is 2. The van der Waals surface area contributed by atoms with Crippen LogP contribution in [0.1, 0.15) is 31.1 Å². The number of carbonyl (C=O) groups excluding carboxylic acids is 1. The minimum absolute atomic E-state index is 0.323. The highest BCUT2D eigenvalue weighted by Gasteiger charge is 2.30. The van der Waals surface area contributed by atoms with Crippen LogP contribution in [0, 0.1) is 5.92 Å². The van der Waals surface area contributed by atoms with Gasteiger partial charge in [0, 0.05) is 56.6 Å². The van der Waals surface area contributed by atoms with Gasteiger partial charge in [-0.3, -0.25) is 14.7 Å². The summed E-state index contributed by atoms with van der Waals surface area (Å²) in [5.41, 5.74) is 0. The molecule has 7 heteroatoms. The summed E-state index contributed by atoms with van der Waals surface area (Å²) in [7, 11) is 0. The summed E-state index contributed by atoms with van der Waals surface area (Å²) < 4.78 is 0. The molecule has 1 aromatic rings. The lowest BCUT2D eigenvalue weighted by molar-refractivity contribution is -0.139. The molecule has 6 nitrogen and oxygen atoms in total. The second-order valence-corrected chi connectivity index (χ2v) is 8.34. The van der Waals surface area contributed by atoms with Crippen LogP contribution in [-0.2, 0) is 11.2 Å². The molecule has 27 heavy (non-hydrogen) atoms. The molecule has 3 rings (SSSR count). The van der Waals surface area contributed by atoms with Crippen molar-refractivity contribution in [3.05, 3.63) is 22.4 Å². The van der Waals surface area contributed by atoms with Crippen molar-refractivity contribution in [2.75, 3.05) is 52.4 Å². The van der Waals surface area contributed by atoms with Crippen molar-refractivity contribution in [3.8, 4) is 0 Å². The number of hydrogen-bond acceptors (Lipinski definition) is 4. The van der Waals surface area contributed by atoms with Crippen molar-refractivity contribution in [2.24, 2.45) is 10.9 Å². The molecule has 0 radical (unpaired) electrons. The largest absolute Gasteiger partial charge is 0.357 e. The molecule has 2 fully saturated rings. The van der Waals surface area contributed by atoms with Crippen LogP contribution in [0.3, 0.4) is 0 Å². The molecule has 1 aliphatic carbocycles. The van der Waals surface area contributed by atoms with E-state index in [0.717, 1.165) is 77.6 Å². The minimum atomic E-state index is 0.323. The molecule has 1 saturated carbocycles. The van der Waals surface area contributed by atoms with Crippen LogP contribution in [0.15, 0.2) is 22.5 Å². The third-order valence-corrected chi connectivity index (χ3v) is 6.35. The Morgan fingerprint density at radius 2 is 2.07 bits per heavy atom. The molecule has 1 amide bonds. The standard InChI is InChI=1S/C20H33N5OS/c1-2-21-20(22-9-8-18-7-4-16-27-18)23-10-11-24-12-14-25(15-13-24)19(26)17-5-3-6-17/h4,7,16-17H,2-3,5-6,8-15H2,1H3,(H2,21,22,23). The van der Waals surface area contributed by atoms with Gasteiger partial charge in [0.2, 0.25) is 5.91 Å². The average Bonchev–Trinajstić information content (AvgIpc) is 3.14. The van der Waals surface area contributed by atoms with Crippen molar-refractivity contribution in [2.45, 2.75) is 32.6 Å². The molecule has 2 heterocycles. The maximum atomic E-state index is 12.3. The van der Waals surface area contributed by atoms with Crippen LogP contribution in [0.4, 0.5) is 0 Å². The Labute approximate surface area is 167 Å². The van der Waals surface area contributed by atoms with E-state index in [4.69, 9.17) is 4.99 Å². The Bertz CT molecular complexity index is 592. The first-order valence-electron chi connectivity index (χ1n) is 10.3. The first kappa shape index (κ1) is 20.1. The second-order valence-electron chi connectivity index (χ2n) is 7.31. The van der Waals surface area contributed by atoms with Crippen molar-refractivity contribution < 1.29 is 4.79 Å². The SMILES string of the molecule is CCNC(=NCCN1CCN(C(=O)C2CCC2)CC1)NCCc1cccs1. The smallest absolute Gasteiger partial charge is 0.225 e. The number of nitrogens with zero attached hydrogens (tertiary/aromatic N) is 3. The Balaban J connectivity index is 1.34. The summed E-state index contributed by atoms with van der Waals surface area (Å²) in [6.07, 6.45) is 4.45. The van der Waals surface area contributed by atoms with E-state index in [1.54, 1.807) is 11.3 Å². The number of nitrogens with one attached hydrogen (secondary N) is 2. The van der Waals surface area contributed by atoms with E-state index in [9.17, 15) is 4.79 Å². The first-order valence-corrected chi connectivity index (χ1v) is 11.2. The van der Waals surface area contributed by atoms with Gasteiger partial charge >= 0.3 is 0 Å². The summed E-state index contributed by atoms with van der Waals surface area (Å²) in [5.74, 6) is 1.61. The van der Waals surface area contributed by atoms with Crippen LogP contribution in [0.2, 0.25) is 0 Å². The lowest BCUT2D eigenvalue weighted by Gasteiger charge is -2.38. The van der Waals surface area contributed by atoms with E-state index in [1.165, 1.54) is 11.3 Å². The molecule has 1 aromatic heterocycles. The molecule has 2 N–H and O–H groups in total. The van der Waals surface area contributed by atoms with Gasteiger partial charge in [-0.05, 0) is 37.6 Å². The number of thiophene rings is 1. The predicted molar refractivity (Wildman–Crippen MR) is 112 cm³/mol. The van der Waals surface area contributed by atoms with Gasteiger partial charge in [0.1, 0.15) is 0 Å². The van der Waals surface area contributed by atoms with Gasteiger partial charge in [-0.1, -0.05) is 12.5 Å². The number of carbonyl (C=O) groups is 1. The fourth-order valence-corrected chi connectivity index (χ4v) is 4.22. The molecule has 0 spiro atoms. The van der Waals surface area contributed by atoms with Crippen LogP contribution in [-0.4, -0.2) is 74.0 Å². The Morgan fingerprint density at radius 1 is 1.26 bits per heavy atom. The third-order valence-electron chi connectivity index (χ3n) is 5.41. The quantitative estimate of drug-likeness (QED) is 0.524. The van der Waals surface area contributed by atoms with E-state index in [-0.39, 0.29) is 0 Å². The zero-order valence-corrected chi connectivity index (χ0v) is 17.3.